The number of hydrogen-bond acceptors (Lipinski definition) is 4. The van der Waals surface area contributed by atoms with E-state index in [1.807, 2.05) is 6.26 Å². The van der Waals surface area contributed by atoms with Gasteiger partial charge in [0.2, 0.25) is 5.88 Å². The van der Waals surface area contributed by atoms with Crippen LogP contribution in [0.15, 0.2) is 11.2 Å². The molecule has 2 atom stereocenters. The molecule has 0 saturated heterocycles. The minimum Gasteiger partial charge on any atom is -0.474 e. The van der Waals surface area contributed by atoms with E-state index in [2.05, 4.69) is 16.9 Å². The second kappa shape index (κ2) is 5.91. The molecule has 1 aliphatic carbocycles. The highest BCUT2D eigenvalue weighted by Crippen LogP contribution is 2.28. The highest BCUT2D eigenvalue weighted by atomic mass is 35.5. The molecule has 2 rings (SSSR count). The fraction of sp³-hybridized carbons (Fsp3) is 0.667. The molecule has 3 nitrogen and oxygen atoms in total. The Bertz CT molecular complexity index is 389. The third-order valence-electron chi connectivity index (χ3n) is 3.01. The summed E-state index contributed by atoms with van der Waals surface area (Å²) >= 11 is 7.40. The molecule has 1 aromatic rings. The van der Waals surface area contributed by atoms with Gasteiger partial charge in [-0.1, -0.05) is 36.7 Å². The predicted molar refractivity (Wildman–Crippen MR) is 70.9 cm³/mol. The third kappa shape index (κ3) is 3.75. The van der Waals surface area contributed by atoms with Crippen molar-refractivity contribution in [3.05, 3.63) is 11.2 Å². The van der Waals surface area contributed by atoms with Crippen LogP contribution in [0.4, 0.5) is 0 Å². The minimum absolute atomic E-state index is 0.277. The van der Waals surface area contributed by atoms with Gasteiger partial charge in [-0.25, -0.2) is 4.98 Å². The van der Waals surface area contributed by atoms with Crippen LogP contribution in [0.1, 0.15) is 32.6 Å². The smallest absolute Gasteiger partial charge is 0.219 e. The van der Waals surface area contributed by atoms with Gasteiger partial charge in [0.15, 0.2) is 5.16 Å². The zero-order valence-corrected chi connectivity index (χ0v) is 11.7. The number of halogens is 1. The van der Waals surface area contributed by atoms with Crippen molar-refractivity contribution in [1.82, 2.24) is 9.97 Å². The molecule has 0 spiro atoms. The Morgan fingerprint density at radius 1 is 1.41 bits per heavy atom. The molecular weight excluding hydrogens is 256 g/mol. The molecule has 2 unspecified atom stereocenters. The maximum absolute atomic E-state index is 5.93. The largest absolute Gasteiger partial charge is 0.474 e. The average molecular weight is 273 g/mol. The summed E-state index contributed by atoms with van der Waals surface area (Å²) in [6.45, 7) is 2.27. The molecule has 0 N–H and O–H groups in total. The number of thioether (sulfide) groups is 1. The maximum Gasteiger partial charge on any atom is 0.219 e. The Kier molecular flexibility index (Phi) is 4.51. The third-order valence-corrected chi connectivity index (χ3v) is 3.75. The summed E-state index contributed by atoms with van der Waals surface area (Å²) in [7, 11) is 0. The number of nitrogens with zero attached hydrogens (tertiary/aromatic N) is 2. The normalized spacial score (nSPS) is 24.6. The van der Waals surface area contributed by atoms with Gasteiger partial charge in [0.05, 0.1) is 0 Å². The lowest BCUT2D eigenvalue weighted by atomic mass is 9.89. The van der Waals surface area contributed by atoms with E-state index in [-0.39, 0.29) is 6.10 Å². The lowest BCUT2D eigenvalue weighted by molar-refractivity contribution is 0.123. The van der Waals surface area contributed by atoms with E-state index < -0.39 is 0 Å². The standard InChI is InChI=1S/C12H17ClN2OS/c1-8-4-3-5-9(6-8)16-11-7-10(13)14-12(15-11)17-2/h7-9H,3-6H2,1-2H3. The first-order valence-corrected chi connectivity index (χ1v) is 7.53. The molecule has 5 heteroatoms. The molecule has 1 fully saturated rings. The molecule has 1 aromatic heterocycles. The number of rotatable bonds is 3. The molecule has 94 valence electrons. The van der Waals surface area contributed by atoms with Crippen molar-refractivity contribution in [2.24, 2.45) is 5.92 Å². The van der Waals surface area contributed by atoms with Crippen LogP contribution in [-0.2, 0) is 0 Å². The molecule has 0 bridgehead atoms. The molecule has 0 radical (unpaired) electrons. The lowest BCUT2D eigenvalue weighted by Crippen LogP contribution is -2.24. The van der Waals surface area contributed by atoms with Gasteiger partial charge in [0.1, 0.15) is 11.3 Å². The van der Waals surface area contributed by atoms with Crippen LogP contribution < -0.4 is 4.74 Å². The molecule has 1 saturated carbocycles. The van der Waals surface area contributed by atoms with E-state index in [1.165, 1.54) is 24.6 Å². The zero-order valence-electron chi connectivity index (χ0n) is 10.1. The zero-order chi connectivity index (χ0) is 12.3. The van der Waals surface area contributed by atoms with E-state index in [4.69, 9.17) is 16.3 Å². The summed E-state index contributed by atoms with van der Waals surface area (Å²) < 4.78 is 5.90. The summed E-state index contributed by atoms with van der Waals surface area (Å²) in [4.78, 5) is 8.41. The molecule has 0 aliphatic heterocycles. The van der Waals surface area contributed by atoms with Crippen LogP contribution in [0, 0.1) is 5.92 Å². The van der Waals surface area contributed by atoms with Crippen LogP contribution in [-0.4, -0.2) is 22.3 Å². The van der Waals surface area contributed by atoms with Gasteiger partial charge in [0.25, 0.3) is 0 Å². The highest BCUT2D eigenvalue weighted by molar-refractivity contribution is 7.98. The molecular formula is C12H17ClN2OS. The Hall–Kier alpha value is -0.480. The molecule has 0 amide bonds. The van der Waals surface area contributed by atoms with Gasteiger partial charge in [-0.2, -0.15) is 4.98 Å². The van der Waals surface area contributed by atoms with E-state index >= 15 is 0 Å². The second-order valence-electron chi connectivity index (χ2n) is 4.53. The fourth-order valence-corrected chi connectivity index (χ4v) is 2.78. The van der Waals surface area contributed by atoms with Crippen molar-refractivity contribution in [3.8, 4) is 5.88 Å². The number of ether oxygens (including phenoxy) is 1. The first-order chi connectivity index (χ1) is 8.17. The predicted octanol–water partition coefficient (Wildman–Crippen LogP) is 3.81. The van der Waals surface area contributed by atoms with E-state index in [1.54, 1.807) is 6.07 Å². The Morgan fingerprint density at radius 2 is 2.24 bits per heavy atom. The molecule has 1 heterocycles. The van der Waals surface area contributed by atoms with Crippen molar-refractivity contribution in [1.29, 1.82) is 0 Å². The van der Waals surface area contributed by atoms with Gasteiger partial charge in [0, 0.05) is 6.07 Å². The summed E-state index contributed by atoms with van der Waals surface area (Å²) in [5.74, 6) is 1.35. The Labute approximate surface area is 111 Å². The minimum atomic E-state index is 0.277. The second-order valence-corrected chi connectivity index (χ2v) is 5.69. The summed E-state index contributed by atoms with van der Waals surface area (Å²) in [6, 6.07) is 1.69. The van der Waals surface area contributed by atoms with Crippen LogP contribution in [0.3, 0.4) is 0 Å². The Morgan fingerprint density at radius 3 is 2.94 bits per heavy atom. The highest BCUT2D eigenvalue weighted by Gasteiger charge is 2.21. The van der Waals surface area contributed by atoms with Crippen molar-refractivity contribution >= 4 is 23.4 Å². The van der Waals surface area contributed by atoms with Gasteiger partial charge >= 0.3 is 0 Å². The first kappa shape index (κ1) is 13.0. The van der Waals surface area contributed by atoms with Gasteiger partial charge in [-0.05, 0) is 31.4 Å². The van der Waals surface area contributed by atoms with Gasteiger partial charge < -0.3 is 4.74 Å². The van der Waals surface area contributed by atoms with Crippen molar-refractivity contribution in [3.63, 3.8) is 0 Å². The Balaban J connectivity index is 2.04. The average Bonchev–Trinajstić information content (AvgIpc) is 2.28. The van der Waals surface area contributed by atoms with Crippen molar-refractivity contribution in [2.45, 2.75) is 43.9 Å². The topological polar surface area (TPSA) is 35.0 Å². The lowest BCUT2D eigenvalue weighted by Gasteiger charge is -2.26. The van der Waals surface area contributed by atoms with Crippen molar-refractivity contribution < 1.29 is 4.74 Å². The molecule has 0 aromatic carbocycles. The molecule has 1 aliphatic rings. The fourth-order valence-electron chi connectivity index (χ4n) is 2.19. The summed E-state index contributed by atoms with van der Waals surface area (Å²) in [5, 5.41) is 1.11. The monoisotopic (exact) mass is 272 g/mol. The SMILES string of the molecule is CSc1nc(Cl)cc(OC2CCCC(C)C2)n1. The van der Waals surface area contributed by atoms with E-state index in [0.717, 1.165) is 18.8 Å². The quantitative estimate of drug-likeness (QED) is 0.476. The summed E-state index contributed by atoms with van der Waals surface area (Å²) in [6.07, 6.45) is 6.97. The number of hydrogen-bond donors (Lipinski definition) is 0. The number of aromatic nitrogens is 2. The van der Waals surface area contributed by atoms with Crippen LogP contribution >= 0.6 is 23.4 Å². The van der Waals surface area contributed by atoms with Crippen LogP contribution in [0.5, 0.6) is 5.88 Å². The van der Waals surface area contributed by atoms with E-state index in [9.17, 15) is 0 Å². The summed E-state index contributed by atoms with van der Waals surface area (Å²) in [5.41, 5.74) is 0. The van der Waals surface area contributed by atoms with Crippen LogP contribution in [0.25, 0.3) is 0 Å². The van der Waals surface area contributed by atoms with Crippen LogP contribution in [0.2, 0.25) is 5.15 Å². The first-order valence-electron chi connectivity index (χ1n) is 5.92. The van der Waals surface area contributed by atoms with Gasteiger partial charge in [-0.15, -0.1) is 0 Å². The van der Waals surface area contributed by atoms with Crippen molar-refractivity contribution in [2.75, 3.05) is 6.26 Å². The van der Waals surface area contributed by atoms with Gasteiger partial charge in [-0.3, -0.25) is 0 Å². The van der Waals surface area contributed by atoms with E-state index in [0.29, 0.717) is 16.2 Å². The maximum atomic E-state index is 5.93. The molecule has 17 heavy (non-hydrogen) atoms.